The summed E-state index contributed by atoms with van der Waals surface area (Å²) in [5, 5.41) is 0. The van der Waals surface area contributed by atoms with Crippen molar-refractivity contribution in [3.05, 3.63) is 0 Å². The Labute approximate surface area is 118 Å². The fraction of sp³-hybridized carbons (Fsp3) is 1.00. The van der Waals surface area contributed by atoms with Crippen molar-refractivity contribution in [3.63, 3.8) is 0 Å². The zero-order valence-corrected chi connectivity index (χ0v) is 13.0. The lowest BCUT2D eigenvalue weighted by Gasteiger charge is -2.37. The molecular weight excluding hydrogens is 236 g/mol. The zero-order valence-electron chi connectivity index (χ0n) is 13.0. The second kappa shape index (κ2) is 6.55. The molecule has 1 aliphatic carbocycles. The highest BCUT2D eigenvalue weighted by Crippen LogP contribution is 2.31. The molecule has 0 aromatic carbocycles. The second-order valence-corrected chi connectivity index (χ2v) is 7.10. The Bertz CT molecular complexity index is 272. The van der Waals surface area contributed by atoms with Gasteiger partial charge in [0.2, 0.25) is 0 Å². The van der Waals surface area contributed by atoms with Gasteiger partial charge in [-0.15, -0.1) is 0 Å². The van der Waals surface area contributed by atoms with Crippen LogP contribution in [0.25, 0.3) is 0 Å². The van der Waals surface area contributed by atoms with Crippen molar-refractivity contribution in [3.8, 4) is 0 Å². The smallest absolute Gasteiger partial charge is 0.0710 e. The van der Waals surface area contributed by atoms with Crippen molar-refractivity contribution in [2.24, 2.45) is 5.73 Å². The van der Waals surface area contributed by atoms with Crippen molar-refractivity contribution in [1.82, 2.24) is 4.90 Å². The minimum atomic E-state index is 0.0947. The van der Waals surface area contributed by atoms with Gasteiger partial charge < -0.3 is 10.5 Å². The molecule has 0 spiro atoms. The topological polar surface area (TPSA) is 38.5 Å². The number of ether oxygens (including phenoxy) is 1. The Balaban J connectivity index is 1.85. The number of hydrogen-bond donors (Lipinski definition) is 1. The molecule has 1 unspecified atom stereocenters. The highest BCUT2D eigenvalue weighted by atomic mass is 16.5. The van der Waals surface area contributed by atoms with Gasteiger partial charge in [-0.05, 0) is 65.3 Å². The molecular formula is C16H32N2O. The number of nitrogens with two attached hydrogens (primary N) is 1. The first-order valence-corrected chi connectivity index (χ1v) is 8.17. The average molecular weight is 268 g/mol. The summed E-state index contributed by atoms with van der Waals surface area (Å²) in [6.45, 7) is 9.05. The van der Waals surface area contributed by atoms with Gasteiger partial charge in [-0.3, -0.25) is 4.90 Å². The molecule has 2 fully saturated rings. The first kappa shape index (κ1) is 15.3. The normalized spacial score (nSPS) is 34.9. The van der Waals surface area contributed by atoms with E-state index in [0.29, 0.717) is 12.1 Å². The Hall–Kier alpha value is -0.120. The van der Waals surface area contributed by atoms with Gasteiger partial charge in [-0.1, -0.05) is 6.92 Å². The highest BCUT2D eigenvalue weighted by Gasteiger charge is 2.34. The van der Waals surface area contributed by atoms with E-state index in [0.717, 1.165) is 12.6 Å². The van der Waals surface area contributed by atoms with Crippen molar-refractivity contribution in [1.29, 1.82) is 0 Å². The largest absolute Gasteiger partial charge is 0.371 e. The molecule has 3 nitrogen and oxygen atoms in total. The van der Waals surface area contributed by atoms with Crippen LogP contribution in [0, 0.1) is 0 Å². The van der Waals surface area contributed by atoms with Crippen LogP contribution in [0.2, 0.25) is 0 Å². The van der Waals surface area contributed by atoms with Crippen LogP contribution < -0.4 is 5.73 Å². The third-order valence-corrected chi connectivity index (χ3v) is 4.76. The van der Waals surface area contributed by atoms with Gasteiger partial charge in [0.15, 0.2) is 0 Å². The zero-order chi connectivity index (χ0) is 13.9. The average Bonchev–Trinajstić information content (AvgIpc) is 2.69. The van der Waals surface area contributed by atoms with Crippen molar-refractivity contribution < 1.29 is 4.74 Å². The molecule has 19 heavy (non-hydrogen) atoms. The molecule has 0 bridgehead atoms. The molecule has 1 atom stereocenters. The van der Waals surface area contributed by atoms with Crippen LogP contribution in [0.5, 0.6) is 0 Å². The van der Waals surface area contributed by atoms with E-state index >= 15 is 0 Å². The molecule has 0 amide bonds. The Morgan fingerprint density at radius 2 is 1.84 bits per heavy atom. The van der Waals surface area contributed by atoms with Crippen LogP contribution >= 0.6 is 0 Å². The lowest BCUT2D eigenvalue weighted by molar-refractivity contribution is -0.0360. The Morgan fingerprint density at radius 3 is 2.37 bits per heavy atom. The van der Waals surface area contributed by atoms with Crippen LogP contribution in [-0.2, 0) is 4.74 Å². The van der Waals surface area contributed by atoms with Crippen LogP contribution in [0.15, 0.2) is 0 Å². The molecule has 1 aliphatic heterocycles. The maximum atomic E-state index is 6.17. The quantitative estimate of drug-likeness (QED) is 0.833. The fourth-order valence-electron chi connectivity index (χ4n) is 3.64. The molecule has 1 saturated heterocycles. The van der Waals surface area contributed by atoms with Crippen LogP contribution in [0.3, 0.4) is 0 Å². The minimum absolute atomic E-state index is 0.0947. The standard InChI is InChI=1S/C16H32N2O/c1-4-11-18(14-7-5-13(17)6-8-14)12-15-9-10-16(2,3)19-15/h13-15H,4-12,17H2,1-3H3. The van der Waals surface area contributed by atoms with Gasteiger partial charge in [0.1, 0.15) is 0 Å². The third-order valence-electron chi connectivity index (χ3n) is 4.76. The van der Waals surface area contributed by atoms with Gasteiger partial charge in [-0.2, -0.15) is 0 Å². The van der Waals surface area contributed by atoms with Gasteiger partial charge >= 0.3 is 0 Å². The minimum Gasteiger partial charge on any atom is -0.371 e. The van der Waals surface area contributed by atoms with E-state index in [1.54, 1.807) is 0 Å². The van der Waals surface area contributed by atoms with Crippen molar-refractivity contribution >= 4 is 0 Å². The summed E-state index contributed by atoms with van der Waals surface area (Å²) in [6.07, 6.45) is 9.04. The molecule has 112 valence electrons. The first-order chi connectivity index (χ1) is 9.00. The van der Waals surface area contributed by atoms with Gasteiger partial charge in [0.05, 0.1) is 11.7 Å². The van der Waals surface area contributed by atoms with E-state index in [4.69, 9.17) is 10.5 Å². The molecule has 0 radical (unpaired) electrons. The second-order valence-electron chi connectivity index (χ2n) is 7.10. The van der Waals surface area contributed by atoms with Crippen molar-refractivity contribution in [2.75, 3.05) is 13.1 Å². The van der Waals surface area contributed by atoms with Gasteiger partial charge in [0, 0.05) is 18.6 Å². The van der Waals surface area contributed by atoms with E-state index in [9.17, 15) is 0 Å². The summed E-state index contributed by atoms with van der Waals surface area (Å²) in [5.74, 6) is 0. The van der Waals surface area contributed by atoms with Gasteiger partial charge in [-0.25, -0.2) is 0 Å². The predicted octanol–water partition coefficient (Wildman–Crippen LogP) is 2.93. The van der Waals surface area contributed by atoms with Crippen molar-refractivity contribution in [2.45, 2.75) is 89.5 Å². The number of rotatable bonds is 5. The van der Waals surface area contributed by atoms with Crippen LogP contribution in [0.4, 0.5) is 0 Å². The number of nitrogens with zero attached hydrogens (tertiary/aromatic N) is 1. The lowest BCUT2D eigenvalue weighted by Crippen LogP contribution is -2.44. The predicted molar refractivity (Wildman–Crippen MR) is 80.3 cm³/mol. The maximum Gasteiger partial charge on any atom is 0.0710 e. The summed E-state index contributed by atoms with van der Waals surface area (Å²) in [6, 6.07) is 1.19. The lowest BCUT2D eigenvalue weighted by atomic mass is 9.90. The molecule has 2 rings (SSSR count). The summed E-state index contributed by atoms with van der Waals surface area (Å²) in [4.78, 5) is 2.68. The third kappa shape index (κ3) is 4.44. The van der Waals surface area contributed by atoms with E-state index in [1.165, 1.54) is 51.5 Å². The first-order valence-electron chi connectivity index (χ1n) is 8.17. The molecule has 2 aliphatic rings. The highest BCUT2D eigenvalue weighted by molar-refractivity contribution is 4.86. The Kier molecular flexibility index (Phi) is 5.27. The summed E-state index contributed by atoms with van der Waals surface area (Å²) < 4.78 is 6.17. The molecule has 2 N–H and O–H groups in total. The summed E-state index contributed by atoms with van der Waals surface area (Å²) in [7, 11) is 0. The van der Waals surface area contributed by atoms with E-state index in [2.05, 4.69) is 25.7 Å². The molecule has 1 saturated carbocycles. The van der Waals surface area contributed by atoms with Gasteiger partial charge in [0.25, 0.3) is 0 Å². The SMILES string of the molecule is CCCN(CC1CCC(C)(C)O1)C1CCC(N)CC1. The summed E-state index contributed by atoms with van der Waals surface area (Å²) in [5.41, 5.74) is 6.12. The maximum absolute atomic E-state index is 6.17. The number of hydrogen-bond acceptors (Lipinski definition) is 3. The van der Waals surface area contributed by atoms with E-state index in [-0.39, 0.29) is 5.60 Å². The van der Waals surface area contributed by atoms with Crippen LogP contribution in [0.1, 0.15) is 65.7 Å². The molecule has 3 heteroatoms. The molecule has 0 aromatic rings. The van der Waals surface area contributed by atoms with Crippen LogP contribution in [-0.4, -0.2) is 41.8 Å². The Morgan fingerprint density at radius 1 is 1.16 bits per heavy atom. The molecule has 1 heterocycles. The summed E-state index contributed by atoms with van der Waals surface area (Å²) >= 11 is 0. The van der Waals surface area contributed by atoms with E-state index < -0.39 is 0 Å². The molecule has 0 aromatic heterocycles. The fourth-order valence-corrected chi connectivity index (χ4v) is 3.64. The van der Waals surface area contributed by atoms with E-state index in [1.807, 2.05) is 0 Å². The monoisotopic (exact) mass is 268 g/mol.